The Morgan fingerprint density at radius 3 is 2.43 bits per heavy atom. The predicted octanol–water partition coefficient (Wildman–Crippen LogP) is 3.90. The van der Waals surface area contributed by atoms with Gasteiger partial charge in [0.2, 0.25) is 0 Å². The van der Waals surface area contributed by atoms with E-state index in [0.29, 0.717) is 12.3 Å². The highest BCUT2D eigenvalue weighted by atomic mass is 16.5. The molecule has 0 saturated carbocycles. The molecule has 1 aliphatic rings. The zero-order valence-corrected chi connectivity index (χ0v) is 18.6. The molecule has 1 amide bonds. The van der Waals surface area contributed by atoms with Crippen LogP contribution in [0.25, 0.3) is 0 Å². The highest BCUT2D eigenvalue weighted by molar-refractivity contribution is 5.80. The maximum atomic E-state index is 12.5. The minimum absolute atomic E-state index is 0.0951. The van der Waals surface area contributed by atoms with Crippen LogP contribution in [0.5, 0.6) is 5.75 Å². The summed E-state index contributed by atoms with van der Waals surface area (Å²) in [5.41, 5.74) is 3.68. The normalized spacial score (nSPS) is 16.1. The summed E-state index contributed by atoms with van der Waals surface area (Å²) in [6, 6.07) is 16.4. The Bertz CT molecular complexity index is 821. The summed E-state index contributed by atoms with van der Waals surface area (Å²) >= 11 is 0. The Morgan fingerprint density at radius 2 is 1.77 bits per heavy atom. The number of carbonyl (C=O) groups excluding carboxylic acids is 1. The highest BCUT2D eigenvalue weighted by Gasteiger charge is 2.17. The van der Waals surface area contributed by atoms with Gasteiger partial charge in [0.25, 0.3) is 5.91 Å². The van der Waals surface area contributed by atoms with Gasteiger partial charge in [-0.2, -0.15) is 0 Å². The summed E-state index contributed by atoms with van der Waals surface area (Å²) in [5.74, 6) is 0.589. The van der Waals surface area contributed by atoms with Gasteiger partial charge in [0.15, 0.2) is 6.10 Å². The van der Waals surface area contributed by atoms with Gasteiger partial charge in [-0.05, 0) is 41.2 Å². The molecule has 5 heteroatoms. The van der Waals surface area contributed by atoms with Crippen LogP contribution in [0.2, 0.25) is 0 Å². The van der Waals surface area contributed by atoms with E-state index in [-0.39, 0.29) is 11.3 Å². The van der Waals surface area contributed by atoms with E-state index in [0.717, 1.165) is 38.4 Å². The van der Waals surface area contributed by atoms with E-state index < -0.39 is 6.10 Å². The number of hydrogen-bond acceptors (Lipinski definition) is 4. The zero-order chi connectivity index (χ0) is 21.6. The highest BCUT2D eigenvalue weighted by Crippen LogP contribution is 2.24. The molecule has 162 valence electrons. The topological polar surface area (TPSA) is 50.8 Å². The van der Waals surface area contributed by atoms with Crippen LogP contribution in [0.15, 0.2) is 48.5 Å². The van der Waals surface area contributed by atoms with E-state index in [2.05, 4.69) is 55.3 Å². The van der Waals surface area contributed by atoms with Crippen molar-refractivity contribution >= 4 is 5.91 Å². The number of nitrogens with one attached hydrogen (secondary N) is 1. The van der Waals surface area contributed by atoms with Crippen molar-refractivity contribution in [1.29, 1.82) is 0 Å². The van der Waals surface area contributed by atoms with Crippen LogP contribution in [0.3, 0.4) is 0 Å². The van der Waals surface area contributed by atoms with Crippen LogP contribution < -0.4 is 10.1 Å². The standard InChI is InChI=1S/C25H34N2O3/c1-19(30-23-10-8-22(9-11-23)25(2,3)4)24(28)26-17-20-6-5-7-21(16-20)18-27-12-14-29-15-13-27/h5-11,16,19H,12-15,17-18H2,1-4H3,(H,26,28)/t19-/m1/s1. The van der Waals surface area contributed by atoms with Crippen molar-refractivity contribution < 1.29 is 14.3 Å². The summed E-state index contributed by atoms with van der Waals surface area (Å²) in [6.07, 6.45) is -0.554. The largest absolute Gasteiger partial charge is 0.481 e. The Labute approximate surface area is 180 Å². The molecule has 3 rings (SSSR count). The molecule has 30 heavy (non-hydrogen) atoms. The number of nitrogens with zero attached hydrogens (tertiary/aromatic N) is 1. The van der Waals surface area contributed by atoms with Gasteiger partial charge in [-0.1, -0.05) is 57.2 Å². The Kier molecular flexibility index (Phi) is 7.51. The molecule has 5 nitrogen and oxygen atoms in total. The fourth-order valence-corrected chi connectivity index (χ4v) is 3.48. The molecule has 0 spiro atoms. The van der Waals surface area contributed by atoms with E-state index in [1.165, 1.54) is 11.1 Å². The van der Waals surface area contributed by atoms with Crippen LogP contribution >= 0.6 is 0 Å². The fourth-order valence-electron chi connectivity index (χ4n) is 3.48. The number of hydrogen-bond donors (Lipinski definition) is 1. The molecule has 1 atom stereocenters. The minimum atomic E-state index is -0.554. The van der Waals surface area contributed by atoms with Gasteiger partial charge in [0.1, 0.15) is 5.75 Å². The number of rotatable bonds is 7. The molecule has 2 aromatic rings. The number of benzene rings is 2. The lowest BCUT2D eigenvalue weighted by molar-refractivity contribution is -0.127. The van der Waals surface area contributed by atoms with Crippen LogP contribution in [-0.4, -0.2) is 43.2 Å². The Hall–Kier alpha value is -2.37. The number of amides is 1. The molecule has 1 aliphatic heterocycles. The second-order valence-corrected chi connectivity index (χ2v) is 8.96. The Morgan fingerprint density at radius 1 is 1.10 bits per heavy atom. The summed E-state index contributed by atoms with van der Waals surface area (Å²) in [4.78, 5) is 14.9. The molecular weight excluding hydrogens is 376 g/mol. The van der Waals surface area contributed by atoms with E-state index >= 15 is 0 Å². The average molecular weight is 411 g/mol. The first kappa shape index (κ1) is 22.3. The van der Waals surface area contributed by atoms with Crippen molar-refractivity contribution in [2.24, 2.45) is 0 Å². The van der Waals surface area contributed by atoms with E-state index in [1.54, 1.807) is 6.92 Å². The molecule has 0 aromatic heterocycles. The van der Waals surface area contributed by atoms with Gasteiger partial charge in [0, 0.05) is 26.2 Å². The van der Waals surface area contributed by atoms with E-state index in [4.69, 9.17) is 9.47 Å². The van der Waals surface area contributed by atoms with Gasteiger partial charge in [-0.3, -0.25) is 9.69 Å². The van der Waals surface area contributed by atoms with Gasteiger partial charge < -0.3 is 14.8 Å². The van der Waals surface area contributed by atoms with Crippen LogP contribution in [0, 0.1) is 0 Å². The van der Waals surface area contributed by atoms with Crippen LogP contribution in [0.4, 0.5) is 0 Å². The van der Waals surface area contributed by atoms with Crippen LogP contribution in [0.1, 0.15) is 44.4 Å². The molecule has 1 saturated heterocycles. The molecule has 1 heterocycles. The summed E-state index contributed by atoms with van der Waals surface area (Å²) in [7, 11) is 0. The van der Waals surface area contributed by atoms with Crippen molar-refractivity contribution in [3.63, 3.8) is 0 Å². The van der Waals surface area contributed by atoms with Crippen molar-refractivity contribution in [1.82, 2.24) is 10.2 Å². The second kappa shape index (κ2) is 10.1. The van der Waals surface area contributed by atoms with E-state index in [1.807, 2.05) is 24.3 Å². The molecule has 1 N–H and O–H groups in total. The maximum Gasteiger partial charge on any atom is 0.261 e. The summed E-state index contributed by atoms with van der Waals surface area (Å²) in [5, 5.41) is 2.99. The molecular formula is C25H34N2O3. The third-order valence-electron chi connectivity index (χ3n) is 5.37. The first-order valence-electron chi connectivity index (χ1n) is 10.7. The third kappa shape index (κ3) is 6.57. The SMILES string of the molecule is C[C@@H](Oc1ccc(C(C)(C)C)cc1)C(=O)NCc1cccc(CN2CCOCC2)c1. The number of morpholine rings is 1. The van der Waals surface area contributed by atoms with Crippen molar-refractivity contribution in [2.45, 2.75) is 52.3 Å². The number of ether oxygens (including phenoxy) is 2. The average Bonchev–Trinajstić information content (AvgIpc) is 2.73. The smallest absolute Gasteiger partial charge is 0.261 e. The maximum absolute atomic E-state index is 12.5. The predicted molar refractivity (Wildman–Crippen MR) is 120 cm³/mol. The van der Waals surface area contributed by atoms with Gasteiger partial charge >= 0.3 is 0 Å². The molecule has 1 fully saturated rings. The van der Waals surface area contributed by atoms with Crippen molar-refractivity contribution in [3.05, 3.63) is 65.2 Å². The van der Waals surface area contributed by atoms with Crippen molar-refractivity contribution in [3.8, 4) is 5.75 Å². The van der Waals surface area contributed by atoms with Crippen LogP contribution in [-0.2, 0) is 28.0 Å². The van der Waals surface area contributed by atoms with Gasteiger partial charge in [0.05, 0.1) is 13.2 Å². The summed E-state index contributed by atoms with van der Waals surface area (Å²) in [6.45, 7) is 13.2. The van der Waals surface area contributed by atoms with Gasteiger partial charge in [-0.15, -0.1) is 0 Å². The lowest BCUT2D eigenvalue weighted by atomic mass is 9.87. The molecule has 0 radical (unpaired) electrons. The molecule has 0 aliphatic carbocycles. The monoisotopic (exact) mass is 410 g/mol. The molecule has 0 unspecified atom stereocenters. The quantitative estimate of drug-likeness (QED) is 0.752. The van der Waals surface area contributed by atoms with Crippen molar-refractivity contribution in [2.75, 3.05) is 26.3 Å². The lowest BCUT2D eigenvalue weighted by Gasteiger charge is -2.26. The fraction of sp³-hybridized carbons (Fsp3) is 0.480. The summed E-state index contributed by atoms with van der Waals surface area (Å²) < 4.78 is 11.2. The first-order chi connectivity index (χ1) is 14.3. The number of carbonyl (C=O) groups is 1. The minimum Gasteiger partial charge on any atom is -0.481 e. The molecule has 2 aromatic carbocycles. The van der Waals surface area contributed by atoms with Gasteiger partial charge in [-0.25, -0.2) is 0 Å². The van der Waals surface area contributed by atoms with E-state index in [9.17, 15) is 4.79 Å². The first-order valence-corrected chi connectivity index (χ1v) is 10.7. The second-order valence-electron chi connectivity index (χ2n) is 8.96. The molecule has 0 bridgehead atoms. The Balaban J connectivity index is 1.49. The third-order valence-corrected chi connectivity index (χ3v) is 5.37. The zero-order valence-electron chi connectivity index (χ0n) is 18.6. The lowest BCUT2D eigenvalue weighted by Crippen LogP contribution is -2.36.